The topological polar surface area (TPSA) is 40.6 Å². The highest BCUT2D eigenvalue weighted by Crippen LogP contribution is 2.35. The van der Waals surface area contributed by atoms with Gasteiger partial charge in [0.2, 0.25) is 0 Å². The lowest BCUT2D eigenvalue weighted by atomic mass is 10.2. The molecule has 0 fully saturated rings. The van der Waals surface area contributed by atoms with Gasteiger partial charge in [0.25, 0.3) is 0 Å². The van der Waals surface area contributed by atoms with Crippen molar-refractivity contribution in [1.82, 2.24) is 4.98 Å². The number of rotatable bonds is 8. The minimum Gasteiger partial charge on any atom is -0.496 e. The maximum Gasteiger partial charge on any atom is 0.161 e. The highest BCUT2D eigenvalue weighted by atomic mass is 32.2. The summed E-state index contributed by atoms with van der Waals surface area (Å²) in [6.07, 6.45) is 6.11. The number of thiazole rings is 1. The molecule has 4 aromatic rings. The molecule has 158 valence electrons. The largest absolute Gasteiger partial charge is 0.496 e. The number of hydrogen-bond acceptors (Lipinski definition) is 6. The first-order valence-corrected chi connectivity index (χ1v) is 11.8. The van der Waals surface area contributed by atoms with E-state index in [-0.39, 0.29) is 0 Å². The Morgan fingerprint density at radius 2 is 1.71 bits per heavy atom. The molecule has 0 spiro atoms. The van der Waals surface area contributed by atoms with Crippen LogP contribution in [0.1, 0.15) is 16.1 Å². The van der Waals surface area contributed by atoms with Crippen LogP contribution >= 0.6 is 23.1 Å². The van der Waals surface area contributed by atoms with Crippen LogP contribution in [0.25, 0.3) is 22.4 Å². The SMILES string of the molecule is COc1cc(C=Cc2nc3cc(OC)c(SC)cc3s2)ccc1OCc1ccccc1. The fourth-order valence-corrected chi connectivity index (χ4v) is 4.70. The van der Waals surface area contributed by atoms with Crippen molar-refractivity contribution in [3.8, 4) is 17.2 Å². The van der Waals surface area contributed by atoms with Crippen molar-refractivity contribution in [2.24, 2.45) is 0 Å². The number of methoxy groups -OCH3 is 2. The molecule has 0 aliphatic rings. The monoisotopic (exact) mass is 449 g/mol. The Hall–Kier alpha value is -2.96. The normalized spacial score (nSPS) is 11.2. The van der Waals surface area contributed by atoms with E-state index < -0.39 is 0 Å². The number of aromatic nitrogens is 1. The van der Waals surface area contributed by atoms with Crippen LogP contribution in [-0.4, -0.2) is 25.5 Å². The van der Waals surface area contributed by atoms with E-state index in [1.165, 1.54) is 0 Å². The van der Waals surface area contributed by atoms with Crippen LogP contribution < -0.4 is 14.2 Å². The van der Waals surface area contributed by atoms with E-state index in [2.05, 4.69) is 6.07 Å². The fourth-order valence-electron chi connectivity index (χ4n) is 3.15. The summed E-state index contributed by atoms with van der Waals surface area (Å²) in [5.74, 6) is 2.29. The van der Waals surface area contributed by atoms with Crippen molar-refractivity contribution >= 4 is 45.5 Å². The molecule has 6 heteroatoms. The number of thioether (sulfide) groups is 1. The Morgan fingerprint density at radius 3 is 2.45 bits per heavy atom. The van der Waals surface area contributed by atoms with Crippen LogP contribution in [0.3, 0.4) is 0 Å². The molecule has 4 rings (SSSR count). The molecular weight excluding hydrogens is 426 g/mol. The van der Waals surface area contributed by atoms with Crippen molar-refractivity contribution in [2.45, 2.75) is 11.5 Å². The Morgan fingerprint density at radius 1 is 0.903 bits per heavy atom. The van der Waals surface area contributed by atoms with E-state index >= 15 is 0 Å². The Bertz CT molecular complexity index is 1160. The van der Waals surface area contributed by atoms with Gasteiger partial charge in [0.1, 0.15) is 17.4 Å². The van der Waals surface area contributed by atoms with Crippen molar-refractivity contribution < 1.29 is 14.2 Å². The van der Waals surface area contributed by atoms with Crippen LogP contribution in [0.4, 0.5) is 0 Å². The first-order valence-electron chi connectivity index (χ1n) is 9.75. The van der Waals surface area contributed by atoms with Crippen LogP contribution in [0.15, 0.2) is 65.6 Å². The summed E-state index contributed by atoms with van der Waals surface area (Å²) in [6, 6.07) is 20.1. The zero-order valence-corrected chi connectivity index (χ0v) is 19.3. The number of ether oxygens (including phenoxy) is 3. The maximum absolute atomic E-state index is 5.94. The molecule has 0 radical (unpaired) electrons. The van der Waals surface area contributed by atoms with Crippen LogP contribution in [0, 0.1) is 0 Å². The summed E-state index contributed by atoms with van der Waals surface area (Å²) in [5, 5.41) is 0.943. The molecule has 0 amide bonds. The molecule has 4 nitrogen and oxygen atoms in total. The van der Waals surface area contributed by atoms with Gasteiger partial charge in [-0.3, -0.25) is 0 Å². The van der Waals surface area contributed by atoms with E-state index in [1.54, 1.807) is 37.3 Å². The molecule has 0 bridgehead atoms. The van der Waals surface area contributed by atoms with Gasteiger partial charge in [-0.1, -0.05) is 42.5 Å². The minimum absolute atomic E-state index is 0.500. The van der Waals surface area contributed by atoms with E-state index in [0.29, 0.717) is 12.4 Å². The van der Waals surface area contributed by atoms with Crippen molar-refractivity contribution in [3.05, 3.63) is 76.8 Å². The fraction of sp³-hybridized carbons (Fsp3) is 0.160. The smallest absolute Gasteiger partial charge is 0.161 e. The third-order valence-electron chi connectivity index (χ3n) is 4.75. The van der Waals surface area contributed by atoms with Gasteiger partial charge < -0.3 is 14.2 Å². The third-order valence-corrected chi connectivity index (χ3v) is 6.50. The average molecular weight is 450 g/mol. The van der Waals surface area contributed by atoms with Gasteiger partial charge in [0.15, 0.2) is 11.5 Å². The number of fused-ring (bicyclic) bond motifs is 1. The number of hydrogen-bond donors (Lipinski definition) is 0. The zero-order chi connectivity index (χ0) is 21.6. The lowest BCUT2D eigenvalue weighted by Crippen LogP contribution is -1.97. The van der Waals surface area contributed by atoms with Gasteiger partial charge >= 0.3 is 0 Å². The van der Waals surface area contributed by atoms with E-state index in [1.807, 2.05) is 73.0 Å². The Kier molecular flexibility index (Phi) is 6.79. The second-order valence-corrected chi connectivity index (χ2v) is 8.66. The molecule has 0 aliphatic heterocycles. The van der Waals surface area contributed by atoms with Crippen molar-refractivity contribution in [3.63, 3.8) is 0 Å². The molecule has 0 saturated heterocycles. The molecule has 0 N–H and O–H groups in total. The van der Waals surface area contributed by atoms with Gasteiger partial charge in [-0.25, -0.2) is 4.98 Å². The van der Waals surface area contributed by atoms with Crippen LogP contribution in [0.5, 0.6) is 17.2 Å². The lowest BCUT2D eigenvalue weighted by molar-refractivity contribution is 0.284. The predicted octanol–water partition coefficient (Wildman–Crippen LogP) is 6.78. The van der Waals surface area contributed by atoms with Crippen molar-refractivity contribution in [2.75, 3.05) is 20.5 Å². The molecule has 3 aromatic carbocycles. The molecule has 1 heterocycles. The van der Waals surface area contributed by atoms with Crippen molar-refractivity contribution in [1.29, 1.82) is 0 Å². The first kappa shape index (κ1) is 21.3. The van der Waals surface area contributed by atoms with Crippen LogP contribution in [0.2, 0.25) is 0 Å². The average Bonchev–Trinajstić information content (AvgIpc) is 3.23. The second-order valence-electron chi connectivity index (χ2n) is 6.74. The molecule has 0 saturated carbocycles. The maximum atomic E-state index is 5.94. The summed E-state index contributed by atoms with van der Waals surface area (Å²) in [6.45, 7) is 0.500. The summed E-state index contributed by atoms with van der Waals surface area (Å²) in [4.78, 5) is 5.84. The highest BCUT2D eigenvalue weighted by Gasteiger charge is 2.09. The molecule has 0 unspecified atom stereocenters. The van der Waals surface area contributed by atoms with Gasteiger partial charge in [-0.15, -0.1) is 23.1 Å². The Labute approximate surface area is 190 Å². The summed E-state index contributed by atoms with van der Waals surface area (Å²) >= 11 is 3.33. The van der Waals surface area contributed by atoms with E-state index in [0.717, 1.165) is 42.7 Å². The molecule has 31 heavy (non-hydrogen) atoms. The predicted molar refractivity (Wildman–Crippen MR) is 131 cm³/mol. The third kappa shape index (κ3) is 5.03. The van der Waals surface area contributed by atoms with Gasteiger partial charge in [-0.2, -0.15) is 0 Å². The summed E-state index contributed by atoms with van der Waals surface area (Å²) in [7, 11) is 3.34. The van der Waals surface area contributed by atoms with E-state index in [9.17, 15) is 0 Å². The number of nitrogens with zero attached hydrogens (tertiary/aromatic N) is 1. The van der Waals surface area contributed by atoms with Gasteiger partial charge in [0.05, 0.1) is 29.3 Å². The highest BCUT2D eigenvalue weighted by molar-refractivity contribution is 7.98. The van der Waals surface area contributed by atoms with Crippen LogP contribution in [-0.2, 0) is 6.61 Å². The Balaban J connectivity index is 1.52. The summed E-state index contributed by atoms with van der Waals surface area (Å²) < 4.78 is 18.1. The second kappa shape index (κ2) is 9.90. The molecule has 0 aliphatic carbocycles. The standard InChI is InChI=1S/C25H23NO3S2/c1-27-21-13-17(9-11-20(21)29-16-18-7-5-4-6-8-18)10-12-25-26-19-14-22(28-2)24(30-3)15-23(19)31-25/h4-15H,16H2,1-3H3. The summed E-state index contributed by atoms with van der Waals surface area (Å²) in [5.41, 5.74) is 3.08. The first-order chi connectivity index (χ1) is 15.2. The van der Waals surface area contributed by atoms with E-state index in [4.69, 9.17) is 19.2 Å². The number of benzene rings is 3. The quantitative estimate of drug-likeness (QED) is 0.277. The zero-order valence-electron chi connectivity index (χ0n) is 17.6. The van der Waals surface area contributed by atoms with Gasteiger partial charge in [-0.05, 0) is 41.7 Å². The van der Waals surface area contributed by atoms with Gasteiger partial charge in [0, 0.05) is 6.07 Å². The molecule has 1 aromatic heterocycles. The lowest BCUT2D eigenvalue weighted by Gasteiger charge is -2.11. The minimum atomic E-state index is 0.500. The molecule has 0 atom stereocenters. The molecular formula is C25H23NO3S2.